The van der Waals surface area contributed by atoms with Gasteiger partial charge >= 0.3 is 12.4 Å². The summed E-state index contributed by atoms with van der Waals surface area (Å²) < 4.78 is 76.6. The molecule has 9 heteroatoms. The first kappa shape index (κ1) is 17.0. The van der Waals surface area contributed by atoms with E-state index < -0.39 is 35.6 Å². The van der Waals surface area contributed by atoms with E-state index in [1.54, 1.807) is 0 Å². The third kappa shape index (κ3) is 4.11. The third-order valence-corrected chi connectivity index (χ3v) is 3.02. The lowest BCUT2D eigenvalue weighted by Crippen LogP contribution is -2.17. The zero-order valence-corrected chi connectivity index (χ0v) is 11.7. The summed E-state index contributed by atoms with van der Waals surface area (Å²) in [6.45, 7) is 1.38. The van der Waals surface area contributed by atoms with Crippen LogP contribution in [0.2, 0.25) is 0 Å². The zero-order chi connectivity index (χ0) is 17.3. The molecule has 1 aromatic carbocycles. The predicted molar refractivity (Wildman–Crippen MR) is 70.5 cm³/mol. The lowest BCUT2D eigenvalue weighted by atomic mass is 10.0. The van der Waals surface area contributed by atoms with Gasteiger partial charge < -0.3 is 5.32 Å². The van der Waals surface area contributed by atoms with E-state index in [9.17, 15) is 26.3 Å². The molecule has 2 aromatic rings. The summed E-state index contributed by atoms with van der Waals surface area (Å²) in [5, 5.41) is 2.46. The Morgan fingerprint density at radius 1 is 0.957 bits per heavy atom. The van der Waals surface area contributed by atoms with Crippen molar-refractivity contribution in [2.75, 3.05) is 5.32 Å². The molecule has 23 heavy (non-hydrogen) atoms. The maximum Gasteiger partial charge on any atom is 0.433 e. The minimum atomic E-state index is -4.66. The van der Waals surface area contributed by atoms with E-state index in [0.29, 0.717) is 6.07 Å². The fourth-order valence-corrected chi connectivity index (χ4v) is 1.99. The third-order valence-electron chi connectivity index (χ3n) is 3.02. The monoisotopic (exact) mass is 335 g/mol. The van der Waals surface area contributed by atoms with E-state index >= 15 is 0 Å². The normalized spacial score (nSPS) is 13.7. The van der Waals surface area contributed by atoms with Crippen LogP contribution in [-0.4, -0.2) is 9.97 Å². The van der Waals surface area contributed by atoms with Crippen molar-refractivity contribution in [1.29, 1.82) is 0 Å². The highest BCUT2D eigenvalue weighted by atomic mass is 19.4. The molecule has 1 N–H and O–H groups in total. The molecule has 0 saturated carbocycles. The first-order valence-corrected chi connectivity index (χ1v) is 6.42. The van der Waals surface area contributed by atoms with Gasteiger partial charge in [-0.3, -0.25) is 0 Å². The fraction of sp³-hybridized carbons (Fsp3) is 0.286. The summed E-state index contributed by atoms with van der Waals surface area (Å²) in [4.78, 5) is 6.88. The van der Waals surface area contributed by atoms with Gasteiger partial charge in [0.15, 0.2) is 0 Å². The maximum atomic E-state index is 13.0. The number of alkyl halides is 6. The van der Waals surface area contributed by atoms with Crippen LogP contribution in [0.25, 0.3) is 0 Å². The molecule has 1 atom stereocenters. The van der Waals surface area contributed by atoms with Crippen LogP contribution in [-0.2, 0) is 12.4 Å². The second-order valence-electron chi connectivity index (χ2n) is 4.71. The Morgan fingerprint density at radius 2 is 1.61 bits per heavy atom. The predicted octanol–water partition coefficient (Wildman–Crippen LogP) is 4.69. The summed E-state index contributed by atoms with van der Waals surface area (Å²) >= 11 is 0. The maximum absolute atomic E-state index is 13.0. The lowest BCUT2D eigenvalue weighted by Gasteiger charge is -2.19. The van der Waals surface area contributed by atoms with Crippen molar-refractivity contribution in [2.24, 2.45) is 0 Å². The van der Waals surface area contributed by atoms with Crippen molar-refractivity contribution in [3.63, 3.8) is 0 Å². The molecule has 0 spiro atoms. The number of benzene rings is 1. The van der Waals surface area contributed by atoms with Gasteiger partial charge in [0.2, 0.25) is 5.95 Å². The van der Waals surface area contributed by atoms with Crippen LogP contribution in [0.3, 0.4) is 0 Å². The highest BCUT2D eigenvalue weighted by Crippen LogP contribution is 2.35. The van der Waals surface area contributed by atoms with E-state index in [2.05, 4.69) is 15.3 Å². The Hall–Kier alpha value is -2.32. The molecule has 1 heterocycles. The molecule has 0 amide bonds. The Labute approximate surface area is 127 Å². The number of hydrogen-bond donors (Lipinski definition) is 1. The van der Waals surface area contributed by atoms with E-state index in [1.807, 2.05) is 0 Å². The zero-order valence-electron chi connectivity index (χ0n) is 11.7. The van der Waals surface area contributed by atoms with Gasteiger partial charge in [0.25, 0.3) is 0 Å². The second-order valence-corrected chi connectivity index (χ2v) is 4.71. The molecule has 2 rings (SSSR count). The minimum Gasteiger partial charge on any atom is -0.348 e. The van der Waals surface area contributed by atoms with Gasteiger partial charge in [0.1, 0.15) is 5.69 Å². The Bertz CT molecular complexity index is 681. The standard InChI is InChI=1S/C14H11F6N3/c1-8(9-4-2-3-5-10(9)13(15,16)17)22-12-21-7-6-11(23-12)14(18,19)20/h2-8H,1H3,(H,21,22,23)/t8-/m0/s1. The molecule has 0 radical (unpaired) electrons. The molecular weight excluding hydrogens is 324 g/mol. The Balaban J connectivity index is 2.29. The van der Waals surface area contributed by atoms with Gasteiger partial charge in [0, 0.05) is 6.20 Å². The lowest BCUT2D eigenvalue weighted by molar-refractivity contribution is -0.141. The van der Waals surface area contributed by atoms with Crippen LogP contribution in [0.5, 0.6) is 0 Å². The van der Waals surface area contributed by atoms with E-state index in [-0.39, 0.29) is 5.56 Å². The topological polar surface area (TPSA) is 37.8 Å². The summed E-state index contributed by atoms with van der Waals surface area (Å²) in [7, 11) is 0. The van der Waals surface area contributed by atoms with Crippen molar-refractivity contribution >= 4 is 5.95 Å². The van der Waals surface area contributed by atoms with Crippen LogP contribution in [0, 0.1) is 0 Å². The van der Waals surface area contributed by atoms with Crippen molar-refractivity contribution in [2.45, 2.75) is 25.3 Å². The molecule has 124 valence electrons. The number of nitrogens with one attached hydrogen (secondary N) is 1. The van der Waals surface area contributed by atoms with Crippen molar-refractivity contribution in [1.82, 2.24) is 9.97 Å². The second kappa shape index (κ2) is 6.05. The van der Waals surface area contributed by atoms with Crippen molar-refractivity contribution in [3.8, 4) is 0 Å². The molecule has 0 bridgehead atoms. The van der Waals surface area contributed by atoms with E-state index in [4.69, 9.17) is 0 Å². The van der Waals surface area contributed by atoms with Crippen LogP contribution in [0.1, 0.15) is 29.8 Å². The number of halogens is 6. The van der Waals surface area contributed by atoms with Crippen LogP contribution < -0.4 is 5.32 Å². The van der Waals surface area contributed by atoms with Gasteiger partial charge in [-0.05, 0) is 24.6 Å². The van der Waals surface area contributed by atoms with Gasteiger partial charge in [-0.25, -0.2) is 9.97 Å². The molecule has 0 unspecified atom stereocenters. The smallest absolute Gasteiger partial charge is 0.348 e. The van der Waals surface area contributed by atoms with Crippen LogP contribution in [0.4, 0.5) is 32.3 Å². The largest absolute Gasteiger partial charge is 0.433 e. The minimum absolute atomic E-state index is 0.110. The van der Waals surface area contributed by atoms with Crippen LogP contribution >= 0.6 is 0 Å². The summed E-state index contributed by atoms with van der Waals surface area (Å²) in [5.41, 5.74) is -2.15. The van der Waals surface area contributed by atoms with E-state index in [1.165, 1.54) is 25.1 Å². The van der Waals surface area contributed by atoms with Gasteiger partial charge in [0.05, 0.1) is 11.6 Å². The molecule has 0 aliphatic heterocycles. The molecule has 0 aliphatic rings. The Kier molecular flexibility index (Phi) is 4.49. The number of anilines is 1. The van der Waals surface area contributed by atoms with Gasteiger partial charge in [-0.2, -0.15) is 26.3 Å². The van der Waals surface area contributed by atoms with Crippen molar-refractivity contribution < 1.29 is 26.3 Å². The average molecular weight is 335 g/mol. The van der Waals surface area contributed by atoms with E-state index in [0.717, 1.165) is 12.3 Å². The molecule has 3 nitrogen and oxygen atoms in total. The van der Waals surface area contributed by atoms with Crippen molar-refractivity contribution in [3.05, 3.63) is 53.3 Å². The summed E-state index contributed by atoms with van der Waals surface area (Å²) in [6.07, 6.45) is -8.34. The summed E-state index contributed by atoms with van der Waals surface area (Å²) in [6, 6.07) is 4.54. The first-order chi connectivity index (χ1) is 10.6. The number of aromatic nitrogens is 2. The molecule has 0 fully saturated rings. The fourth-order valence-electron chi connectivity index (χ4n) is 1.99. The molecule has 0 saturated heterocycles. The van der Waals surface area contributed by atoms with Gasteiger partial charge in [-0.15, -0.1) is 0 Å². The first-order valence-electron chi connectivity index (χ1n) is 6.42. The van der Waals surface area contributed by atoms with Gasteiger partial charge in [-0.1, -0.05) is 18.2 Å². The number of rotatable bonds is 3. The summed E-state index contributed by atoms with van der Waals surface area (Å²) in [5.74, 6) is -0.399. The van der Waals surface area contributed by atoms with Crippen LogP contribution in [0.15, 0.2) is 36.5 Å². The molecule has 1 aromatic heterocycles. The average Bonchev–Trinajstić information content (AvgIpc) is 2.46. The quantitative estimate of drug-likeness (QED) is 0.827. The number of nitrogens with zero attached hydrogens (tertiary/aromatic N) is 2. The number of hydrogen-bond acceptors (Lipinski definition) is 3. The Morgan fingerprint density at radius 3 is 2.22 bits per heavy atom. The molecule has 0 aliphatic carbocycles. The highest BCUT2D eigenvalue weighted by Gasteiger charge is 2.35. The molecular formula is C14H11F6N3. The highest BCUT2D eigenvalue weighted by molar-refractivity contribution is 5.38. The SMILES string of the molecule is C[C@H](Nc1nccc(C(F)(F)F)n1)c1ccccc1C(F)(F)F.